The van der Waals surface area contributed by atoms with Crippen molar-refractivity contribution < 1.29 is 28.5 Å². The first-order chi connectivity index (χ1) is 17.4. The van der Waals surface area contributed by atoms with Crippen molar-refractivity contribution in [3.05, 3.63) is 80.9 Å². The first-order valence-corrected chi connectivity index (χ1v) is 12.0. The topological polar surface area (TPSA) is 121 Å². The molecule has 0 heterocycles. The zero-order valence-corrected chi connectivity index (χ0v) is 22.0. The fourth-order valence-electron chi connectivity index (χ4n) is 3.10. The smallest absolute Gasteiger partial charge is 0.271 e. The van der Waals surface area contributed by atoms with Gasteiger partial charge in [-0.1, -0.05) is 30.3 Å². The zero-order valence-electron chi connectivity index (χ0n) is 19.8. The fraction of sp³-hybridized carbons (Fsp3) is 0.192. The largest absolute Gasteiger partial charge is 0.493 e. The number of methoxy groups -OCH3 is 1. The second-order valence-electron chi connectivity index (χ2n) is 7.36. The number of ether oxygens (including phenoxy) is 4. The minimum atomic E-state index is -0.589. The van der Waals surface area contributed by atoms with Crippen LogP contribution < -0.4 is 30.1 Å². The molecule has 0 spiro atoms. The molecule has 0 saturated heterocycles. The molecule has 3 aromatic carbocycles. The maximum absolute atomic E-state index is 12.6. The molecule has 0 bridgehead atoms. The third-order valence-corrected chi connectivity index (χ3v) is 5.53. The summed E-state index contributed by atoms with van der Waals surface area (Å²) in [6.45, 7) is 2.34. The molecule has 0 fully saturated rings. The molecule has 0 saturated carbocycles. The Kier molecular flexibility index (Phi) is 9.92. The number of hydrazone groups is 1. The summed E-state index contributed by atoms with van der Waals surface area (Å²) < 4.78 is 23.0. The Morgan fingerprint density at radius 1 is 1.00 bits per heavy atom. The lowest BCUT2D eigenvalue weighted by Crippen LogP contribution is -2.20. The molecule has 0 aromatic heterocycles. The minimum Gasteiger partial charge on any atom is -0.493 e. The van der Waals surface area contributed by atoms with Crippen LogP contribution in [0.3, 0.4) is 0 Å². The van der Waals surface area contributed by atoms with E-state index in [1.807, 2.05) is 37.3 Å². The van der Waals surface area contributed by atoms with Crippen molar-refractivity contribution >= 4 is 40.6 Å². The van der Waals surface area contributed by atoms with Gasteiger partial charge in [0.25, 0.3) is 11.8 Å². The fourth-order valence-corrected chi connectivity index (χ4v) is 3.88. The zero-order chi connectivity index (χ0) is 25.9. The number of hydrogen-bond acceptors (Lipinski definition) is 7. The standard InChI is InChI=1S/C26H26IN3O6/c1-3-34-23-12-18(11-20(27)25(23)36-16-24(28)31)14-29-30-26(32)19-9-10-21(22(13-19)33-2)35-15-17-7-5-4-6-8-17/h4-14H,3,15-16H2,1-2H3,(H2,28,31)(H,30,32)/b29-14+. The van der Waals surface area contributed by atoms with Crippen molar-refractivity contribution in [2.75, 3.05) is 20.3 Å². The molecule has 3 N–H and O–H groups in total. The first kappa shape index (κ1) is 26.8. The van der Waals surface area contributed by atoms with Crippen LogP contribution in [0, 0.1) is 3.57 Å². The second-order valence-corrected chi connectivity index (χ2v) is 8.52. The molecule has 0 radical (unpaired) electrons. The van der Waals surface area contributed by atoms with Crippen LogP contribution in [-0.4, -0.2) is 38.4 Å². The Labute approximate surface area is 222 Å². The molecule has 36 heavy (non-hydrogen) atoms. The number of amides is 2. The molecule has 3 rings (SSSR count). The molecule has 2 amide bonds. The summed E-state index contributed by atoms with van der Waals surface area (Å²) in [5.41, 5.74) is 9.71. The average molecular weight is 603 g/mol. The summed E-state index contributed by atoms with van der Waals surface area (Å²) in [5, 5.41) is 4.05. The maximum atomic E-state index is 12.6. The molecule has 3 aromatic rings. The van der Waals surface area contributed by atoms with Gasteiger partial charge in [0.05, 0.1) is 23.5 Å². The number of carbonyl (C=O) groups is 2. The van der Waals surface area contributed by atoms with Crippen LogP contribution in [0.5, 0.6) is 23.0 Å². The minimum absolute atomic E-state index is 0.265. The first-order valence-electron chi connectivity index (χ1n) is 11.0. The van der Waals surface area contributed by atoms with Gasteiger partial charge in [0.15, 0.2) is 29.6 Å². The predicted octanol–water partition coefficient (Wildman–Crippen LogP) is 3.91. The third kappa shape index (κ3) is 7.60. The molecule has 0 aliphatic carbocycles. The van der Waals surface area contributed by atoms with E-state index in [2.05, 4.69) is 33.1 Å². The molecular weight excluding hydrogens is 577 g/mol. The highest BCUT2D eigenvalue weighted by atomic mass is 127. The highest BCUT2D eigenvalue weighted by Gasteiger charge is 2.14. The quantitative estimate of drug-likeness (QED) is 0.184. The summed E-state index contributed by atoms with van der Waals surface area (Å²) in [7, 11) is 1.51. The number of nitrogens with zero attached hydrogens (tertiary/aromatic N) is 1. The lowest BCUT2D eigenvalue weighted by atomic mass is 10.2. The normalized spacial score (nSPS) is 10.6. The van der Waals surface area contributed by atoms with Crippen LogP contribution in [0.4, 0.5) is 0 Å². The van der Waals surface area contributed by atoms with Crippen molar-refractivity contribution in [3.8, 4) is 23.0 Å². The Bertz CT molecular complexity index is 1230. The lowest BCUT2D eigenvalue weighted by molar-refractivity contribution is -0.120. The number of rotatable bonds is 12. The summed E-state index contributed by atoms with van der Waals surface area (Å²) in [6.07, 6.45) is 1.48. The van der Waals surface area contributed by atoms with E-state index < -0.39 is 11.8 Å². The summed E-state index contributed by atoms with van der Waals surface area (Å²) in [6, 6.07) is 18.1. The van der Waals surface area contributed by atoms with Gasteiger partial charge in [-0.05, 0) is 71.0 Å². The number of primary amides is 1. The summed E-state index contributed by atoms with van der Waals surface area (Å²) in [5.74, 6) is 0.811. The van der Waals surface area contributed by atoms with Crippen LogP contribution in [-0.2, 0) is 11.4 Å². The Hall–Kier alpha value is -3.80. The molecule has 10 heteroatoms. The van der Waals surface area contributed by atoms with Gasteiger partial charge in [0.2, 0.25) is 0 Å². The molecule has 9 nitrogen and oxygen atoms in total. The van der Waals surface area contributed by atoms with E-state index in [1.54, 1.807) is 30.3 Å². The van der Waals surface area contributed by atoms with Crippen molar-refractivity contribution in [3.63, 3.8) is 0 Å². The van der Waals surface area contributed by atoms with Crippen molar-refractivity contribution in [2.24, 2.45) is 10.8 Å². The Morgan fingerprint density at radius 2 is 1.78 bits per heavy atom. The number of hydrogen-bond donors (Lipinski definition) is 2. The van der Waals surface area contributed by atoms with Crippen LogP contribution in [0.1, 0.15) is 28.4 Å². The Morgan fingerprint density at radius 3 is 2.47 bits per heavy atom. The van der Waals surface area contributed by atoms with Crippen LogP contribution in [0.2, 0.25) is 0 Å². The van der Waals surface area contributed by atoms with Crippen molar-refractivity contribution in [1.82, 2.24) is 5.43 Å². The monoisotopic (exact) mass is 603 g/mol. The number of nitrogens with one attached hydrogen (secondary N) is 1. The average Bonchev–Trinajstić information content (AvgIpc) is 2.87. The summed E-state index contributed by atoms with van der Waals surface area (Å²) in [4.78, 5) is 23.7. The number of halogens is 1. The molecule has 0 aliphatic rings. The molecule has 0 atom stereocenters. The van der Waals surface area contributed by atoms with Gasteiger partial charge in [-0.15, -0.1) is 0 Å². The molecule has 0 aliphatic heterocycles. The van der Waals surface area contributed by atoms with Gasteiger partial charge in [-0.2, -0.15) is 5.10 Å². The van der Waals surface area contributed by atoms with Crippen molar-refractivity contribution in [1.29, 1.82) is 0 Å². The van der Waals surface area contributed by atoms with E-state index in [0.29, 0.717) is 50.9 Å². The van der Waals surface area contributed by atoms with Crippen LogP contribution >= 0.6 is 22.6 Å². The number of benzene rings is 3. The number of carbonyl (C=O) groups excluding carboxylic acids is 2. The Balaban J connectivity index is 1.67. The summed E-state index contributed by atoms with van der Waals surface area (Å²) >= 11 is 2.06. The van der Waals surface area contributed by atoms with Gasteiger partial charge < -0.3 is 24.7 Å². The van der Waals surface area contributed by atoms with E-state index in [0.717, 1.165) is 5.56 Å². The second kappa shape index (κ2) is 13.3. The molecule has 0 unspecified atom stereocenters. The van der Waals surface area contributed by atoms with Crippen molar-refractivity contribution in [2.45, 2.75) is 13.5 Å². The van der Waals surface area contributed by atoms with E-state index in [1.165, 1.54) is 13.3 Å². The van der Waals surface area contributed by atoms with Gasteiger partial charge in [0.1, 0.15) is 6.61 Å². The predicted molar refractivity (Wildman–Crippen MR) is 144 cm³/mol. The molecule has 188 valence electrons. The van der Waals surface area contributed by atoms with Gasteiger partial charge in [0, 0.05) is 5.56 Å². The van der Waals surface area contributed by atoms with E-state index in [9.17, 15) is 9.59 Å². The van der Waals surface area contributed by atoms with E-state index in [-0.39, 0.29) is 6.61 Å². The van der Waals surface area contributed by atoms with Crippen LogP contribution in [0.25, 0.3) is 0 Å². The van der Waals surface area contributed by atoms with Crippen LogP contribution in [0.15, 0.2) is 65.8 Å². The number of nitrogens with two attached hydrogens (primary N) is 1. The van der Waals surface area contributed by atoms with Gasteiger partial charge in [-0.3, -0.25) is 9.59 Å². The third-order valence-electron chi connectivity index (χ3n) is 4.73. The van der Waals surface area contributed by atoms with E-state index in [4.69, 9.17) is 24.7 Å². The van der Waals surface area contributed by atoms with Gasteiger partial charge in [-0.25, -0.2) is 5.43 Å². The highest BCUT2D eigenvalue weighted by molar-refractivity contribution is 14.1. The molecular formula is C26H26IN3O6. The van der Waals surface area contributed by atoms with Gasteiger partial charge >= 0.3 is 0 Å². The lowest BCUT2D eigenvalue weighted by Gasteiger charge is -2.13. The SMILES string of the molecule is CCOc1cc(/C=N/NC(=O)c2ccc(OCc3ccccc3)c(OC)c2)cc(I)c1OCC(N)=O. The maximum Gasteiger partial charge on any atom is 0.271 e. The highest BCUT2D eigenvalue weighted by Crippen LogP contribution is 2.34. The van der Waals surface area contributed by atoms with E-state index >= 15 is 0 Å².